The lowest BCUT2D eigenvalue weighted by molar-refractivity contribution is -0.131. The number of carbonyl (C=O) groups is 1. The first-order valence-corrected chi connectivity index (χ1v) is 6.35. The fraction of sp³-hybridized carbons (Fsp3) is 0.214. The van der Waals surface area contributed by atoms with Crippen LogP contribution in [0.5, 0.6) is 0 Å². The van der Waals surface area contributed by atoms with Crippen molar-refractivity contribution in [3.8, 4) is 0 Å². The third-order valence-electron chi connectivity index (χ3n) is 2.31. The molecule has 0 radical (unpaired) electrons. The zero-order valence-corrected chi connectivity index (χ0v) is 11.3. The largest absolute Gasteiger partial charge is 0.478 e. The summed E-state index contributed by atoms with van der Waals surface area (Å²) in [6, 6.07) is 5.63. The predicted octanol–water partition coefficient (Wildman–Crippen LogP) is 4.51. The Kier molecular flexibility index (Phi) is 6.55. The molecule has 0 bridgehead atoms. The van der Waals surface area contributed by atoms with Crippen molar-refractivity contribution in [1.29, 1.82) is 0 Å². The molecule has 0 heterocycles. The quantitative estimate of drug-likeness (QED) is 0.474. The van der Waals surface area contributed by atoms with Crippen molar-refractivity contribution in [2.24, 2.45) is 0 Å². The van der Waals surface area contributed by atoms with E-state index in [9.17, 15) is 4.79 Å². The number of benzene rings is 1. The molecule has 1 aromatic carbocycles. The van der Waals surface area contributed by atoms with Gasteiger partial charge in [-0.3, -0.25) is 0 Å². The average Bonchev–Trinajstić information content (AvgIpc) is 2.32. The molecule has 1 aromatic rings. The van der Waals surface area contributed by atoms with Crippen LogP contribution in [0.15, 0.2) is 42.5 Å². The van der Waals surface area contributed by atoms with Gasteiger partial charge in [0.2, 0.25) is 0 Å². The molecule has 1 N–H and O–H groups in total. The standard InChI is InChI=1S/C14H14Cl2O2/c15-12-9-8-11(10-13(12)16)6-4-2-1-3-5-7-14(17)18/h1,3,5,7-10H,2,4,6H2,(H,17,18). The summed E-state index contributed by atoms with van der Waals surface area (Å²) in [5.74, 6) is -0.935. The number of carboxylic acids is 1. The Morgan fingerprint density at radius 1 is 1.22 bits per heavy atom. The molecule has 0 fully saturated rings. The van der Waals surface area contributed by atoms with E-state index in [-0.39, 0.29) is 0 Å². The molecular weight excluding hydrogens is 271 g/mol. The number of unbranched alkanes of at least 4 members (excludes halogenated alkanes) is 1. The Balaban J connectivity index is 2.29. The number of hydrogen-bond donors (Lipinski definition) is 1. The summed E-state index contributed by atoms with van der Waals surface area (Å²) in [6.07, 6.45) is 9.10. The van der Waals surface area contributed by atoms with Gasteiger partial charge in [0.25, 0.3) is 0 Å². The van der Waals surface area contributed by atoms with E-state index >= 15 is 0 Å². The third-order valence-corrected chi connectivity index (χ3v) is 3.05. The molecule has 0 aliphatic carbocycles. The van der Waals surface area contributed by atoms with Gasteiger partial charge in [-0.05, 0) is 37.0 Å². The van der Waals surface area contributed by atoms with Gasteiger partial charge in [-0.25, -0.2) is 4.79 Å². The lowest BCUT2D eigenvalue weighted by atomic mass is 10.1. The Labute approximate surface area is 117 Å². The minimum atomic E-state index is -0.935. The molecular formula is C14H14Cl2O2. The van der Waals surface area contributed by atoms with Crippen molar-refractivity contribution in [2.45, 2.75) is 19.3 Å². The van der Waals surface area contributed by atoms with Crippen molar-refractivity contribution in [2.75, 3.05) is 0 Å². The fourth-order valence-electron chi connectivity index (χ4n) is 1.43. The molecule has 0 amide bonds. The molecule has 0 aliphatic rings. The van der Waals surface area contributed by atoms with Crippen LogP contribution in [0.2, 0.25) is 10.0 Å². The summed E-state index contributed by atoms with van der Waals surface area (Å²) in [6.45, 7) is 0. The number of rotatable bonds is 6. The van der Waals surface area contributed by atoms with Gasteiger partial charge in [0.05, 0.1) is 10.0 Å². The first kappa shape index (κ1) is 14.8. The van der Waals surface area contributed by atoms with Crippen LogP contribution in [0, 0.1) is 0 Å². The summed E-state index contributed by atoms with van der Waals surface area (Å²) in [4.78, 5) is 10.2. The van der Waals surface area contributed by atoms with Gasteiger partial charge in [0.15, 0.2) is 0 Å². The van der Waals surface area contributed by atoms with E-state index in [0.29, 0.717) is 10.0 Å². The number of halogens is 2. The first-order valence-electron chi connectivity index (χ1n) is 5.59. The topological polar surface area (TPSA) is 37.3 Å². The number of hydrogen-bond acceptors (Lipinski definition) is 1. The highest BCUT2D eigenvalue weighted by atomic mass is 35.5. The van der Waals surface area contributed by atoms with Gasteiger partial charge in [0.1, 0.15) is 0 Å². The summed E-state index contributed by atoms with van der Waals surface area (Å²) in [5, 5.41) is 9.52. The third kappa shape index (κ3) is 5.89. The monoisotopic (exact) mass is 284 g/mol. The lowest BCUT2D eigenvalue weighted by Crippen LogP contribution is -1.85. The van der Waals surface area contributed by atoms with Crippen LogP contribution in [0.4, 0.5) is 0 Å². The fourth-order valence-corrected chi connectivity index (χ4v) is 1.75. The maximum absolute atomic E-state index is 10.2. The zero-order chi connectivity index (χ0) is 13.4. The van der Waals surface area contributed by atoms with Crippen molar-refractivity contribution >= 4 is 29.2 Å². The van der Waals surface area contributed by atoms with Crippen LogP contribution >= 0.6 is 23.2 Å². The summed E-state index contributed by atoms with van der Waals surface area (Å²) >= 11 is 11.7. The molecule has 96 valence electrons. The summed E-state index contributed by atoms with van der Waals surface area (Å²) in [5.41, 5.74) is 1.15. The molecule has 0 saturated heterocycles. The van der Waals surface area contributed by atoms with E-state index < -0.39 is 5.97 Å². The van der Waals surface area contributed by atoms with Crippen LogP contribution in [0.25, 0.3) is 0 Å². The SMILES string of the molecule is O=C(O)C=CC=CCCCc1ccc(Cl)c(Cl)c1. The van der Waals surface area contributed by atoms with E-state index in [1.807, 2.05) is 18.2 Å². The van der Waals surface area contributed by atoms with Crippen LogP contribution in [0.3, 0.4) is 0 Å². The minimum Gasteiger partial charge on any atom is -0.478 e. The van der Waals surface area contributed by atoms with Gasteiger partial charge in [-0.15, -0.1) is 0 Å². The Hall–Kier alpha value is -1.25. The van der Waals surface area contributed by atoms with Crippen molar-refractivity contribution < 1.29 is 9.90 Å². The number of aliphatic carboxylic acids is 1. The van der Waals surface area contributed by atoms with E-state index in [4.69, 9.17) is 28.3 Å². The number of aryl methyl sites for hydroxylation is 1. The average molecular weight is 285 g/mol. The molecule has 0 spiro atoms. The molecule has 18 heavy (non-hydrogen) atoms. The molecule has 0 aromatic heterocycles. The highest BCUT2D eigenvalue weighted by Crippen LogP contribution is 2.23. The summed E-state index contributed by atoms with van der Waals surface area (Å²) < 4.78 is 0. The second-order valence-electron chi connectivity index (χ2n) is 3.77. The minimum absolute atomic E-state index is 0.569. The molecule has 0 atom stereocenters. The van der Waals surface area contributed by atoms with Gasteiger partial charge in [0, 0.05) is 6.08 Å². The highest BCUT2D eigenvalue weighted by Gasteiger charge is 1.98. The second-order valence-corrected chi connectivity index (χ2v) is 4.58. The second kappa shape index (κ2) is 7.96. The Morgan fingerprint density at radius 3 is 2.67 bits per heavy atom. The van der Waals surface area contributed by atoms with Gasteiger partial charge < -0.3 is 5.11 Å². The molecule has 2 nitrogen and oxygen atoms in total. The van der Waals surface area contributed by atoms with E-state index in [1.165, 1.54) is 6.08 Å². The zero-order valence-electron chi connectivity index (χ0n) is 9.77. The van der Waals surface area contributed by atoms with Gasteiger partial charge in [-0.2, -0.15) is 0 Å². The Morgan fingerprint density at radius 2 is 2.00 bits per heavy atom. The molecule has 0 saturated carbocycles. The molecule has 1 rings (SSSR count). The molecule has 4 heteroatoms. The van der Waals surface area contributed by atoms with Crippen molar-refractivity contribution in [1.82, 2.24) is 0 Å². The van der Waals surface area contributed by atoms with Crippen LogP contribution in [0.1, 0.15) is 18.4 Å². The lowest BCUT2D eigenvalue weighted by Gasteiger charge is -2.01. The van der Waals surface area contributed by atoms with Crippen molar-refractivity contribution in [3.05, 3.63) is 58.1 Å². The maximum Gasteiger partial charge on any atom is 0.328 e. The molecule has 0 unspecified atom stereocenters. The normalized spacial score (nSPS) is 11.4. The number of allylic oxidation sites excluding steroid dienone is 3. The Bertz CT molecular complexity index is 465. The van der Waals surface area contributed by atoms with Crippen LogP contribution in [-0.4, -0.2) is 11.1 Å². The predicted molar refractivity (Wildman–Crippen MR) is 75.3 cm³/mol. The van der Waals surface area contributed by atoms with Crippen molar-refractivity contribution in [3.63, 3.8) is 0 Å². The first-order chi connectivity index (χ1) is 8.59. The van der Waals surface area contributed by atoms with Crippen LogP contribution in [-0.2, 0) is 11.2 Å². The maximum atomic E-state index is 10.2. The van der Waals surface area contributed by atoms with Crippen LogP contribution < -0.4 is 0 Å². The van der Waals surface area contributed by atoms with Gasteiger partial charge in [-0.1, -0.05) is 47.5 Å². The van der Waals surface area contributed by atoms with E-state index in [1.54, 1.807) is 12.1 Å². The highest BCUT2D eigenvalue weighted by molar-refractivity contribution is 6.42. The number of carboxylic acid groups (broad SMARTS) is 1. The summed E-state index contributed by atoms with van der Waals surface area (Å²) in [7, 11) is 0. The molecule has 0 aliphatic heterocycles. The van der Waals surface area contributed by atoms with E-state index in [0.717, 1.165) is 30.9 Å². The van der Waals surface area contributed by atoms with Gasteiger partial charge >= 0.3 is 5.97 Å². The van der Waals surface area contributed by atoms with E-state index in [2.05, 4.69) is 0 Å². The smallest absolute Gasteiger partial charge is 0.328 e.